The summed E-state index contributed by atoms with van der Waals surface area (Å²) in [5.41, 5.74) is 2.68. The predicted molar refractivity (Wildman–Crippen MR) is 111 cm³/mol. The number of nitrogens with zero attached hydrogens (tertiary/aromatic N) is 3. The van der Waals surface area contributed by atoms with E-state index in [1.165, 1.54) is 0 Å². The topological polar surface area (TPSA) is 91.0 Å². The van der Waals surface area contributed by atoms with Gasteiger partial charge >= 0.3 is 0 Å². The van der Waals surface area contributed by atoms with Crippen molar-refractivity contribution in [3.63, 3.8) is 0 Å². The number of H-pyrrole nitrogens is 1. The number of fused-ring (bicyclic) bond motifs is 1. The number of piperidine rings is 1. The Labute approximate surface area is 165 Å². The third-order valence-corrected chi connectivity index (χ3v) is 7.18. The second-order valence-corrected chi connectivity index (χ2v) is 9.33. The van der Waals surface area contributed by atoms with E-state index >= 15 is 0 Å². The molecular weight excluding hydrogens is 374 g/mol. The third kappa shape index (κ3) is 4.51. The van der Waals surface area contributed by atoms with E-state index in [4.69, 9.17) is 0 Å². The number of pyridine rings is 1. The number of nitrogens with one attached hydrogen (secondary N) is 2. The Bertz CT molecular complexity index is 1010. The number of imidazole rings is 1. The molecule has 3 aromatic rings. The largest absolute Gasteiger partial charge is 0.370 e. The second kappa shape index (κ2) is 8.28. The summed E-state index contributed by atoms with van der Waals surface area (Å²) in [6.45, 7) is 1.98. The van der Waals surface area contributed by atoms with E-state index < -0.39 is 10.0 Å². The van der Waals surface area contributed by atoms with Gasteiger partial charge in [0, 0.05) is 19.6 Å². The minimum atomic E-state index is -3.20. The molecule has 4 rings (SSSR count). The number of rotatable bonds is 7. The lowest BCUT2D eigenvalue weighted by atomic mass is 9.98. The molecule has 1 saturated heterocycles. The standard InChI is InChI=1S/C20H25N5O2S/c26-28(27,13-10-16-4-2-1-3-5-16)25-11-8-17(9-12-25)14-21-19-7-6-18-20(24-19)23-15-22-18/h1-7,15,17H,8-14H2,(H2,21,22,23,24). The van der Waals surface area contributed by atoms with E-state index in [-0.39, 0.29) is 5.75 Å². The normalized spacial score (nSPS) is 16.4. The highest BCUT2D eigenvalue weighted by Gasteiger charge is 2.27. The molecule has 1 aromatic carbocycles. The SMILES string of the molecule is O=S(=O)(CCc1ccccc1)N1CCC(CNc2ccc3[nH]cnc3n2)CC1. The van der Waals surface area contributed by atoms with Gasteiger partial charge in [-0.05, 0) is 42.9 Å². The minimum absolute atomic E-state index is 0.174. The van der Waals surface area contributed by atoms with Crippen LogP contribution in [0.15, 0.2) is 48.8 Å². The van der Waals surface area contributed by atoms with Gasteiger partial charge in [0.15, 0.2) is 5.65 Å². The number of sulfonamides is 1. The molecule has 0 aliphatic carbocycles. The molecule has 0 atom stereocenters. The Morgan fingerprint density at radius 3 is 2.68 bits per heavy atom. The van der Waals surface area contributed by atoms with Gasteiger partial charge in [-0.25, -0.2) is 22.7 Å². The number of anilines is 1. The summed E-state index contributed by atoms with van der Waals surface area (Å²) in [6, 6.07) is 13.7. The first kappa shape index (κ1) is 18.9. The van der Waals surface area contributed by atoms with Crippen molar-refractivity contribution in [1.82, 2.24) is 19.3 Å². The number of hydrogen-bond acceptors (Lipinski definition) is 5. The summed E-state index contributed by atoms with van der Waals surface area (Å²) < 4.78 is 26.9. The van der Waals surface area contributed by atoms with Crippen LogP contribution in [0.1, 0.15) is 18.4 Å². The maximum atomic E-state index is 12.6. The Kier molecular flexibility index (Phi) is 5.59. The molecule has 148 valence electrons. The van der Waals surface area contributed by atoms with Gasteiger partial charge in [-0.2, -0.15) is 0 Å². The fourth-order valence-electron chi connectivity index (χ4n) is 3.58. The van der Waals surface area contributed by atoms with Crippen molar-refractivity contribution in [3.8, 4) is 0 Å². The molecular formula is C20H25N5O2S. The van der Waals surface area contributed by atoms with Crippen molar-refractivity contribution >= 4 is 27.0 Å². The third-order valence-electron chi connectivity index (χ3n) is 5.31. The highest BCUT2D eigenvalue weighted by Crippen LogP contribution is 2.21. The number of aromatic nitrogens is 3. The molecule has 0 bridgehead atoms. The predicted octanol–water partition coefficient (Wildman–Crippen LogP) is 2.65. The second-order valence-electron chi connectivity index (χ2n) is 7.25. The van der Waals surface area contributed by atoms with E-state index in [9.17, 15) is 8.42 Å². The van der Waals surface area contributed by atoms with Crippen molar-refractivity contribution < 1.29 is 8.42 Å². The molecule has 3 heterocycles. The summed E-state index contributed by atoms with van der Waals surface area (Å²) in [7, 11) is -3.20. The van der Waals surface area contributed by atoms with Crippen molar-refractivity contribution in [2.45, 2.75) is 19.3 Å². The van der Waals surface area contributed by atoms with Crippen molar-refractivity contribution in [3.05, 3.63) is 54.4 Å². The zero-order chi connectivity index (χ0) is 19.4. The average Bonchev–Trinajstić information content (AvgIpc) is 3.20. The quantitative estimate of drug-likeness (QED) is 0.637. The summed E-state index contributed by atoms with van der Waals surface area (Å²) in [5.74, 6) is 1.42. The van der Waals surface area contributed by atoms with Gasteiger partial charge < -0.3 is 10.3 Å². The molecule has 0 saturated carbocycles. The number of aromatic amines is 1. The summed E-state index contributed by atoms with van der Waals surface area (Å²) in [4.78, 5) is 11.7. The van der Waals surface area contributed by atoms with Crippen LogP contribution in [0.3, 0.4) is 0 Å². The molecule has 0 unspecified atom stereocenters. The van der Waals surface area contributed by atoms with Crippen molar-refractivity contribution in [1.29, 1.82) is 0 Å². The average molecular weight is 400 g/mol. The van der Waals surface area contributed by atoms with Gasteiger partial charge in [-0.3, -0.25) is 0 Å². The van der Waals surface area contributed by atoms with Crippen LogP contribution in [0, 0.1) is 5.92 Å². The van der Waals surface area contributed by atoms with E-state index in [0.717, 1.165) is 36.3 Å². The van der Waals surface area contributed by atoms with Crippen LogP contribution in [0.4, 0.5) is 5.82 Å². The first-order valence-electron chi connectivity index (χ1n) is 9.66. The molecule has 1 aliphatic heterocycles. The number of benzene rings is 1. The zero-order valence-corrected chi connectivity index (χ0v) is 16.5. The minimum Gasteiger partial charge on any atom is -0.370 e. The Balaban J connectivity index is 1.25. The molecule has 8 heteroatoms. The smallest absolute Gasteiger partial charge is 0.214 e. The zero-order valence-electron chi connectivity index (χ0n) is 15.7. The molecule has 2 aromatic heterocycles. The highest BCUT2D eigenvalue weighted by atomic mass is 32.2. The summed E-state index contributed by atoms with van der Waals surface area (Å²) >= 11 is 0. The van der Waals surface area contributed by atoms with Crippen molar-refractivity contribution in [2.75, 3.05) is 30.7 Å². The molecule has 2 N–H and O–H groups in total. The van der Waals surface area contributed by atoms with Gasteiger partial charge in [-0.1, -0.05) is 30.3 Å². The van der Waals surface area contributed by atoms with Crippen LogP contribution in [-0.2, 0) is 16.4 Å². The van der Waals surface area contributed by atoms with Gasteiger partial charge in [0.2, 0.25) is 10.0 Å². The Morgan fingerprint density at radius 1 is 1.11 bits per heavy atom. The molecule has 1 aliphatic rings. The summed E-state index contributed by atoms with van der Waals surface area (Å²) in [6.07, 6.45) is 3.92. The lowest BCUT2D eigenvalue weighted by molar-refractivity contribution is 0.282. The van der Waals surface area contributed by atoms with Crippen LogP contribution in [0.5, 0.6) is 0 Å². The number of hydrogen-bond donors (Lipinski definition) is 2. The van der Waals surface area contributed by atoms with Crippen LogP contribution >= 0.6 is 0 Å². The fourth-order valence-corrected chi connectivity index (χ4v) is 5.10. The Morgan fingerprint density at radius 2 is 1.89 bits per heavy atom. The van der Waals surface area contributed by atoms with Crippen LogP contribution in [0.25, 0.3) is 11.2 Å². The molecule has 0 radical (unpaired) electrons. The van der Waals surface area contributed by atoms with Crippen molar-refractivity contribution in [2.24, 2.45) is 5.92 Å². The maximum Gasteiger partial charge on any atom is 0.214 e. The van der Waals surface area contributed by atoms with Crippen LogP contribution in [-0.4, -0.2) is 53.1 Å². The molecule has 0 spiro atoms. The number of aryl methyl sites for hydroxylation is 1. The maximum absolute atomic E-state index is 12.6. The van der Waals surface area contributed by atoms with Crippen LogP contribution < -0.4 is 5.32 Å². The molecule has 7 nitrogen and oxygen atoms in total. The van der Waals surface area contributed by atoms with Crippen LogP contribution in [0.2, 0.25) is 0 Å². The lowest BCUT2D eigenvalue weighted by Gasteiger charge is -2.31. The van der Waals surface area contributed by atoms with E-state index in [1.54, 1.807) is 10.6 Å². The lowest BCUT2D eigenvalue weighted by Crippen LogP contribution is -2.41. The monoisotopic (exact) mass is 399 g/mol. The first-order valence-corrected chi connectivity index (χ1v) is 11.3. The van der Waals surface area contributed by atoms with E-state index in [0.29, 0.717) is 31.1 Å². The van der Waals surface area contributed by atoms with Gasteiger partial charge in [0.05, 0.1) is 17.6 Å². The first-order chi connectivity index (χ1) is 13.6. The van der Waals surface area contributed by atoms with Gasteiger partial charge in [0.25, 0.3) is 0 Å². The van der Waals surface area contributed by atoms with E-state index in [1.807, 2.05) is 42.5 Å². The van der Waals surface area contributed by atoms with E-state index in [2.05, 4.69) is 20.3 Å². The molecule has 28 heavy (non-hydrogen) atoms. The summed E-state index contributed by atoms with van der Waals surface area (Å²) in [5, 5.41) is 3.36. The van der Waals surface area contributed by atoms with Gasteiger partial charge in [-0.15, -0.1) is 0 Å². The molecule has 0 amide bonds. The molecule has 1 fully saturated rings. The van der Waals surface area contributed by atoms with Gasteiger partial charge in [0.1, 0.15) is 5.82 Å². The Hall–Kier alpha value is -2.45. The fraction of sp³-hybridized carbons (Fsp3) is 0.400. The highest BCUT2D eigenvalue weighted by molar-refractivity contribution is 7.89.